The molecular formula is C73H72N8O29S. The van der Waals surface area contributed by atoms with E-state index in [9.17, 15) is 86.2 Å². The van der Waals surface area contributed by atoms with Crippen molar-refractivity contribution in [3.8, 4) is 80.1 Å². The van der Waals surface area contributed by atoms with E-state index in [1.165, 1.54) is 61.5 Å². The molecule has 0 aromatic heterocycles. The molecule has 0 radical (unpaired) electrons. The van der Waals surface area contributed by atoms with Crippen LogP contribution in [0.15, 0.2) is 121 Å². The first-order valence-electron chi connectivity index (χ1n) is 34.0. The van der Waals surface area contributed by atoms with Gasteiger partial charge in [0.1, 0.15) is 138 Å². The van der Waals surface area contributed by atoms with Gasteiger partial charge < -0.3 is 152 Å². The summed E-state index contributed by atoms with van der Waals surface area (Å²) in [7, 11) is 0.950. The van der Waals surface area contributed by atoms with E-state index in [0.717, 1.165) is 73.8 Å². The largest absolute Gasteiger partial charge is 0.508 e. The highest BCUT2D eigenvalue weighted by Crippen LogP contribution is 2.48. The molecule has 584 valence electrons. The summed E-state index contributed by atoms with van der Waals surface area (Å²) >= 11 is 5.67. The number of phenols is 6. The first-order chi connectivity index (χ1) is 52.9. The number of carbonyl (C=O) groups excluding carboxylic acids is 7. The molecule has 15 rings (SSSR count). The van der Waals surface area contributed by atoms with Gasteiger partial charge in [0.05, 0.1) is 20.3 Å². The number of aromatic hydroxyl groups is 6. The third-order valence-electron chi connectivity index (χ3n) is 19.6. The Bertz CT molecular complexity index is 4840. The number of hydrogen-bond acceptors (Lipinski definition) is 30. The van der Waals surface area contributed by atoms with Crippen LogP contribution in [0.1, 0.15) is 86.9 Å². The lowest BCUT2D eigenvalue weighted by Gasteiger charge is -2.46. The van der Waals surface area contributed by atoms with Gasteiger partial charge in [-0.25, -0.2) is 4.79 Å². The van der Waals surface area contributed by atoms with Gasteiger partial charge in [0, 0.05) is 28.3 Å². The van der Waals surface area contributed by atoms with Crippen molar-refractivity contribution >= 4 is 58.7 Å². The fraction of sp³-hybridized carbons (Fsp3) is 0.315. The molecule has 0 saturated carbocycles. The van der Waals surface area contributed by atoms with Crippen LogP contribution in [-0.2, 0) is 52.5 Å². The van der Waals surface area contributed by atoms with Crippen molar-refractivity contribution in [2.75, 3.05) is 20.3 Å². The van der Waals surface area contributed by atoms with E-state index in [1.807, 2.05) is 0 Å². The van der Waals surface area contributed by atoms with Crippen LogP contribution >= 0.6 is 12.2 Å². The minimum absolute atomic E-state index is 0.0869. The number of aliphatic hydroxyl groups is 9. The Morgan fingerprint density at radius 2 is 1.00 bits per heavy atom. The number of carbonyl (C=O) groups is 7. The molecule has 19 atom stereocenters. The Kier molecular flexibility index (Phi) is 21.8. The number of amides is 6. The number of rotatable bonds is 7. The van der Waals surface area contributed by atoms with Gasteiger partial charge in [-0.1, -0.05) is 36.4 Å². The molecule has 17 bridgehead atoms. The normalized spacial score (nSPS) is 28.6. The van der Waals surface area contributed by atoms with E-state index in [-0.39, 0.29) is 61.8 Å². The molecule has 0 aliphatic carbocycles. The quantitative estimate of drug-likeness (QED) is 0.0651. The Morgan fingerprint density at radius 1 is 0.477 bits per heavy atom. The van der Waals surface area contributed by atoms with Gasteiger partial charge >= 0.3 is 5.97 Å². The van der Waals surface area contributed by atoms with Crippen LogP contribution in [0.4, 0.5) is 0 Å². The van der Waals surface area contributed by atoms with E-state index >= 15 is 24.0 Å². The molecular weight excluding hydrogens is 1480 g/mol. The maximum atomic E-state index is 16.0. The molecule has 8 heterocycles. The second kappa shape index (κ2) is 31.3. The maximum absolute atomic E-state index is 16.0. The van der Waals surface area contributed by atoms with E-state index in [0.29, 0.717) is 0 Å². The molecule has 23 N–H and O–H groups in total. The molecule has 7 aromatic rings. The summed E-state index contributed by atoms with van der Waals surface area (Å²) in [5.41, 5.74) is -2.73. The van der Waals surface area contributed by atoms with Gasteiger partial charge in [-0.2, -0.15) is 0 Å². The molecule has 8 aliphatic rings. The average Bonchev–Trinajstić information content (AvgIpc) is 0.768. The molecule has 2 fully saturated rings. The third kappa shape index (κ3) is 15.3. The topological polar surface area (TPSA) is 584 Å². The molecule has 7 aromatic carbocycles. The van der Waals surface area contributed by atoms with E-state index in [4.69, 9.17) is 45.4 Å². The van der Waals surface area contributed by atoms with Crippen molar-refractivity contribution in [3.05, 3.63) is 166 Å². The van der Waals surface area contributed by atoms with Gasteiger partial charge in [-0.3, -0.25) is 28.8 Å². The second-order valence-corrected chi connectivity index (χ2v) is 27.1. The number of ether oxygens (including phenoxy) is 7. The summed E-state index contributed by atoms with van der Waals surface area (Å²) in [4.78, 5) is 107. The van der Waals surface area contributed by atoms with Crippen molar-refractivity contribution in [1.82, 2.24) is 42.5 Å². The molecule has 37 nitrogen and oxygen atoms in total. The zero-order valence-corrected chi connectivity index (χ0v) is 58.6. The maximum Gasteiger partial charge on any atom is 0.333 e. The van der Waals surface area contributed by atoms with Crippen molar-refractivity contribution in [3.63, 3.8) is 0 Å². The van der Waals surface area contributed by atoms with Crippen LogP contribution in [0.25, 0.3) is 11.1 Å². The predicted molar refractivity (Wildman–Crippen MR) is 376 cm³/mol. The first-order valence-corrected chi connectivity index (χ1v) is 34.4. The lowest BCUT2D eigenvalue weighted by atomic mass is 9.89. The van der Waals surface area contributed by atoms with Crippen LogP contribution in [-0.4, -0.2) is 217 Å². The number of methoxy groups -OCH3 is 1. The van der Waals surface area contributed by atoms with Gasteiger partial charge in [-0.15, -0.1) is 0 Å². The number of thiocarbonyl (C=S) groups is 1. The smallest absolute Gasteiger partial charge is 0.333 e. The average molecular weight is 1560 g/mol. The highest BCUT2D eigenvalue weighted by atomic mass is 32.1. The van der Waals surface area contributed by atoms with Gasteiger partial charge in [0.15, 0.2) is 46.7 Å². The summed E-state index contributed by atoms with van der Waals surface area (Å²) < 4.78 is 40.8. The van der Waals surface area contributed by atoms with Crippen molar-refractivity contribution in [2.45, 2.75) is 123 Å². The number of benzene rings is 7. The van der Waals surface area contributed by atoms with Crippen molar-refractivity contribution in [2.24, 2.45) is 0 Å². The number of fused-ring (bicyclic) bond motifs is 14. The Labute approximate surface area is 631 Å². The lowest BCUT2D eigenvalue weighted by molar-refractivity contribution is -0.342. The molecule has 0 unspecified atom stereocenters. The number of phenolic OH excluding ortho intramolecular Hbond substituents is 6. The summed E-state index contributed by atoms with van der Waals surface area (Å²) in [5.74, 6) is -15.6. The Hall–Kier alpha value is -11.8. The number of nitrogens with one attached hydrogen (secondary N) is 8. The van der Waals surface area contributed by atoms with E-state index in [1.54, 1.807) is 0 Å². The van der Waals surface area contributed by atoms with Crippen molar-refractivity contribution in [1.29, 1.82) is 0 Å². The minimum atomic E-state index is -2.26. The lowest BCUT2D eigenvalue weighted by Crippen LogP contribution is -2.67. The molecule has 6 amide bonds. The fourth-order valence-electron chi connectivity index (χ4n) is 13.6. The van der Waals surface area contributed by atoms with Crippen LogP contribution < -0.4 is 56.7 Å². The summed E-state index contributed by atoms with van der Waals surface area (Å²) in [6.45, 7) is -0.492. The van der Waals surface area contributed by atoms with Crippen LogP contribution in [0.5, 0.6) is 69.0 Å². The monoisotopic (exact) mass is 1560 g/mol. The number of hydrogen-bond donors (Lipinski definition) is 23. The van der Waals surface area contributed by atoms with Crippen LogP contribution in [0.3, 0.4) is 0 Å². The highest BCUT2D eigenvalue weighted by molar-refractivity contribution is 7.80. The second-order valence-electron chi connectivity index (χ2n) is 26.7. The van der Waals surface area contributed by atoms with Gasteiger partial charge in [0.2, 0.25) is 41.2 Å². The van der Waals surface area contributed by atoms with Crippen LogP contribution in [0.2, 0.25) is 0 Å². The summed E-state index contributed by atoms with van der Waals surface area (Å²) in [5, 5.41) is 189. The van der Waals surface area contributed by atoms with Gasteiger partial charge in [0.25, 0.3) is 0 Å². The SMILES string of the molecule is COC(=O)[C@H]1NC(=O)[C@@H]2NC(=O)[C@@H](NC(=O)[C@@H]3NC(=O)[C@H]4NC(=O)[C@H](NC(=O)[C@H](NC(=S)N[C@@H]5O[C@H](CO)[C@@H](O[C@H]6O[C@H](CO)[C@@H](O)[C@H](O)[C@H]6O)[C@H](O)[C@H]5O)c5ccc(O)c(c5)Oc5cc4cc(O)c5C)[C@H](O)c4ccc(cc4)Oc4cc3cc(c4O)Oc3ccc(cc3)[C@H]2O)c2ccc(O)c(c2)-c2c(O)cc(O)cc21. The van der Waals surface area contributed by atoms with Crippen LogP contribution in [0, 0.1) is 6.92 Å². The van der Waals surface area contributed by atoms with Crippen molar-refractivity contribution < 1.29 is 143 Å². The summed E-state index contributed by atoms with van der Waals surface area (Å²) in [6, 6.07) is 7.74. The fourth-order valence-corrected chi connectivity index (χ4v) is 13.8. The minimum Gasteiger partial charge on any atom is -0.508 e. The summed E-state index contributed by atoms with van der Waals surface area (Å²) in [6.07, 6.45) is -22.7. The molecule has 8 aliphatic heterocycles. The zero-order chi connectivity index (χ0) is 79.5. The van der Waals surface area contributed by atoms with E-state index < -0.39 is 238 Å². The molecule has 2 saturated heterocycles. The number of aliphatic hydroxyl groups excluding tert-OH is 9. The Morgan fingerprint density at radius 3 is 1.60 bits per heavy atom. The zero-order valence-electron chi connectivity index (χ0n) is 57.8. The first kappa shape index (κ1) is 77.4. The third-order valence-corrected chi connectivity index (χ3v) is 19.8. The Balaban J connectivity index is 0.912. The predicted octanol–water partition coefficient (Wildman–Crippen LogP) is -1.30. The van der Waals surface area contributed by atoms with E-state index in [2.05, 4.69) is 42.5 Å². The number of esters is 1. The molecule has 0 spiro atoms. The molecule has 38 heteroatoms. The highest BCUT2D eigenvalue weighted by Gasteiger charge is 2.52. The van der Waals surface area contributed by atoms with Gasteiger partial charge in [-0.05, 0) is 131 Å². The molecule has 111 heavy (non-hydrogen) atoms. The standard InChI is InChI=1S/C73H72N8O29S/c1-25-39(87)16-30-18-41(25)107-42-17-29(8-14-38(42)86)49(80-73(111)81-70-61(95)60(94)63(46(24-83)108-70)110-72-62(96)59(93)58(92)45(23-82)109-72)65(98)79-53-55(89)26-3-9-33(10-4-26)105-43-19-31-20-44(57(43)91)106-34-11-5-27(6-12-34)56(90)54-69(102)77-52(71(103)104-2)36-21-32(84)22-40(88)47(36)35-15-28(7-13-37(35)85)48(64(97)78-54)74-67(100)51(31)75-66(99)50(30)76-68(53)101/h3-22,45-46,48-56,58-63,70,72,82-96H,23-24H2,1-2H3,(H,74,100)(H,75,99)(H,76,101)(H,77,102)(H,78,97)(H,79,98)(H2,80,81,111)/t45-,46-,48+,49-,50+,51-,52+,53-,54-,55-,56-,58-,59+,60-,61-,62-,63-,70-,72-/m1/s1.